The maximum Gasteiger partial charge on any atom is 0.348 e. The van der Waals surface area contributed by atoms with Gasteiger partial charge in [-0.15, -0.1) is 0 Å². The van der Waals surface area contributed by atoms with Crippen LogP contribution in [0.4, 0.5) is 0 Å². The number of ether oxygens (including phenoxy) is 8. The van der Waals surface area contributed by atoms with Gasteiger partial charge in [-0.25, -0.2) is 14.4 Å². The van der Waals surface area contributed by atoms with Crippen molar-refractivity contribution in [1.82, 2.24) is 0 Å². The largest absolute Gasteiger partial charge is 0.494 e. The summed E-state index contributed by atoms with van der Waals surface area (Å²) in [5.41, 5.74) is 3.30. The number of nitrogens with zero attached hydrogens (tertiary/aromatic N) is 1. The monoisotopic (exact) mass is 741 g/mol. The van der Waals surface area contributed by atoms with Gasteiger partial charge in [0.1, 0.15) is 30.6 Å². The van der Waals surface area contributed by atoms with Crippen molar-refractivity contribution in [2.75, 3.05) is 54.9 Å². The summed E-state index contributed by atoms with van der Waals surface area (Å²) in [6.45, 7) is 6.49. The lowest BCUT2D eigenvalue weighted by Gasteiger charge is -2.14. The Kier molecular flexibility index (Phi) is 17.7. The minimum Gasteiger partial charge on any atom is -0.494 e. The third kappa shape index (κ3) is 14.1. The van der Waals surface area contributed by atoms with Gasteiger partial charge in [-0.2, -0.15) is 5.26 Å². The Morgan fingerprint density at radius 2 is 1.43 bits per heavy atom. The highest BCUT2D eigenvalue weighted by molar-refractivity contribution is 5.97. The molecule has 1 aliphatic rings. The molecule has 2 aromatic rings. The van der Waals surface area contributed by atoms with Crippen LogP contribution in [0.25, 0.3) is 12.2 Å². The number of carbonyl (C=O) groups excluding carboxylic acids is 3. The van der Waals surface area contributed by atoms with E-state index in [0.29, 0.717) is 59.5 Å². The van der Waals surface area contributed by atoms with E-state index >= 15 is 0 Å². The Hall–Kier alpha value is -6.22. The lowest BCUT2D eigenvalue weighted by atomic mass is 10.1. The molecule has 54 heavy (non-hydrogen) atoms. The van der Waals surface area contributed by atoms with Crippen molar-refractivity contribution >= 4 is 30.1 Å². The predicted molar refractivity (Wildman–Crippen MR) is 203 cm³/mol. The fourth-order valence-electron chi connectivity index (χ4n) is 4.93. The quantitative estimate of drug-likeness (QED) is 0.0417. The summed E-state index contributed by atoms with van der Waals surface area (Å²) in [6.07, 6.45) is 14.2. The van der Waals surface area contributed by atoms with Crippen LogP contribution in [-0.2, 0) is 33.3 Å². The van der Waals surface area contributed by atoms with Crippen LogP contribution in [0.2, 0.25) is 0 Å². The van der Waals surface area contributed by atoms with Crippen LogP contribution < -0.4 is 18.9 Å². The molecule has 2 aromatic carbocycles. The second kappa shape index (κ2) is 22.7. The van der Waals surface area contributed by atoms with Crippen molar-refractivity contribution in [3.63, 3.8) is 0 Å². The standard InChI is InChI=1S/C42H47NO11/c1-29(2)41(45)52-20-10-8-7-9-19-51-35-15-11-32(27-53-36-16-12-30(24-38(36)47-3)14-18-40(44)49-5)21-33(23-35)28-54-37-17-13-31(25-39(37)48-4)22-34(26-43)42(46)50-6/h12-18,21-25H,1,7-11,19-20,27-28H2,2-6H3/b18-14+,34-22+. The number of esters is 3. The molecular formula is C42H47NO11. The first-order chi connectivity index (χ1) is 26.1. The number of nitriles is 1. The molecule has 0 spiro atoms. The molecule has 0 radical (unpaired) electrons. The Morgan fingerprint density at radius 1 is 0.778 bits per heavy atom. The smallest absolute Gasteiger partial charge is 0.348 e. The van der Waals surface area contributed by atoms with Crippen LogP contribution in [0, 0.1) is 11.3 Å². The molecular weight excluding hydrogens is 694 g/mol. The molecule has 0 N–H and O–H groups in total. The van der Waals surface area contributed by atoms with E-state index in [4.69, 9.17) is 28.4 Å². The summed E-state index contributed by atoms with van der Waals surface area (Å²) < 4.78 is 44.2. The van der Waals surface area contributed by atoms with Gasteiger partial charge in [0, 0.05) is 11.6 Å². The third-order valence-electron chi connectivity index (χ3n) is 7.80. The minimum absolute atomic E-state index is 0.149. The van der Waals surface area contributed by atoms with Crippen LogP contribution in [-0.4, -0.2) is 72.8 Å². The molecule has 0 fully saturated rings. The lowest BCUT2D eigenvalue weighted by Crippen LogP contribution is -2.06. The Morgan fingerprint density at radius 3 is 2.06 bits per heavy atom. The second-order valence-corrected chi connectivity index (χ2v) is 11.9. The summed E-state index contributed by atoms with van der Waals surface area (Å²) in [6, 6.07) is 12.3. The number of carbonyl (C=O) groups is 3. The van der Waals surface area contributed by atoms with Gasteiger partial charge in [-0.05, 0) is 110 Å². The third-order valence-corrected chi connectivity index (χ3v) is 7.80. The SMILES string of the molecule is C=C(C)C(=O)OCCCCCCOC1=CCC(COc2ccc(/C=C/C(=O)OC)cc2OC)=CC(COc2ccc(/C=C(\C#N)C(=O)OC)cc2OC)=C1. The zero-order valence-electron chi connectivity index (χ0n) is 31.4. The topological polar surface area (TPSA) is 149 Å². The van der Waals surface area contributed by atoms with E-state index in [-0.39, 0.29) is 24.8 Å². The van der Waals surface area contributed by atoms with Crippen molar-refractivity contribution in [2.24, 2.45) is 0 Å². The maximum atomic E-state index is 11.9. The average molecular weight is 742 g/mol. The van der Waals surface area contributed by atoms with Gasteiger partial charge >= 0.3 is 17.9 Å². The van der Waals surface area contributed by atoms with E-state index in [9.17, 15) is 19.6 Å². The van der Waals surface area contributed by atoms with E-state index in [1.54, 1.807) is 50.4 Å². The molecule has 12 heteroatoms. The summed E-state index contributed by atoms with van der Waals surface area (Å²) in [7, 11) is 5.57. The van der Waals surface area contributed by atoms with Crippen LogP contribution in [0.1, 0.15) is 50.2 Å². The molecule has 0 bridgehead atoms. The van der Waals surface area contributed by atoms with E-state index < -0.39 is 11.9 Å². The zero-order valence-corrected chi connectivity index (χ0v) is 31.4. The fourth-order valence-corrected chi connectivity index (χ4v) is 4.93. The molecule has 0 amide bonds. The van der Waals surface area contributed by atoms with Crippen LogP contribution in [0.3, 0.4) is 0 Å². The molecule has 286 valence electrons. The highest BCUT2D eigenvalue weighted by Gasteiger charge is 2.14. The minimum atomic E-state index is -0.736. The summed E-state index contributed by atoms with van der Waals surface area (Å²) in [5, 5.41) is 9.34. The molecule has 0 aliphatic heterocycles. The van der Waals surface area contributed by atoms with E-state index in [0.717, 1.165) is 42.4 Å². The summed E-state index contributed by atoms with van der Waals surface area (Å²) >= 11 is 0. The van der Waals surface area contributed by atoms with Crippen LogP contribution in [0.5, 0.6) is 23.0 Å². The van der Waals surface area contributed by atoms with E-state index in [1.165, 1.54) is 33.5 Å². The highest BCUT2D eigenvalue weighted by Crippen LogP contribution is 2.32. The number of rotatable bonds is 21. The van der Waals surface area contributed by atoms with Gasteiger partial charge in [0.05, 0.1) is 41.7 Å². The van der Waals surface area contributed by atoms with Crippen molar-refractivity contribution in [3.8, 4) is 29.1 Å². The van der Waals surface area contributed by atoms with Crippen molar-refractivity contribution in [3.05, 3.63) is 106 Å². The van der Waals surface area contributed by atoms with Crippen molar-refractivity contribution in [2.45, 2.75) is 39.0 Å². The lowest BCUT2D eigenvalue weighted by molar-refractivity contribution is -0.139. The Bertz CT molecular complexity index is 1840. The molecule has 0 saturated heterocycles. The maximum absolute atomic E-state index is 11.9. The van der Waals surface area contributed by atoms with Gasteiger partial charge < -0.3 is 37.9 Å². The molecule has 12 nitrogen and oxygen atoms in total. The molecule has 1 aliphatic carbocycles. The van der Waals surface area contributed by atoms with Gasteiger partial charge in [-0.1, -0.05) is 24.8 Å². The second-order valence-electron chi connectivity index (χ2n) is 11.9. The first kappa shape index (κ1) is 42.2. The number of benzene rings is 2. The number of hydrogen-bond donors (Lipinski definition) is 0. The zero-order chi connectivity index (χ0) is 39.3. The summed E-state index contributed by atoms with van der Waals surface area (Å²) in [5.74, 6) is 1.01. The van der Waals surface area contributed by atoms with Crippen LogP contribution in [0.15, 0.2) is 95.3 Å². The molecule has 0 aromatic heterocycles. The normalized spacial score (nSPS) is 12.6. The Labute approximate surface area is 316 Å². The molecule has 3 rings (SSSR count). The van der Waals surface area contributed by atoms with Crippen molar-refractivity contribution in [1.29, 1.82) is 5.26 Å². The van der Waals surface area contributed by atoms with Crippen LogP contribution >= 0.6 is 0 Å². The number of methoxy groups -OCH3 is 4. The van der Waals surface area contributed by atoms with Gasteiger partial charge in [0.2, 0.25) is 0 Å². The highest BCUT2D eigenvalue weighted by atomic mass is 16.5. The first-order valence-corrected chi connectivity index (χ1v) is 17.2. The molecule has 0 atom stereocenters. The number of allylic oxidation sites excluding steroid dienone is 2. The predicted octanol–water partition coefficient (Wildman–Crippen LogP) is 7.26. The fraction of sp³-hybridized carbons (Fsp3) is 0.333. The van der Waals surface area contributed by atoms with Gasteiger partial charge in [-0.3, -0.25) is 0 Å². The summed E-state index contributed by atoms with van der Waals surface area (Å²) in [4.78, 5) is 35.0. The van der Waals surface area contributed by atoms with Gasteiger partial charge in [0.15, 0.2) is 23.0 Å². The molecule has 0 unspecified atom stereocenters. The first-order valence-electron chi connectivity index (χ1n) is 17.2. The molecule has 0 saturated carbocycles. The molecule has 0 heterocycles. The number of unbranched alkanes of at least 4 members (excludes halogenated alkanes) is 3. The average Bonchev–Trinajstić information content (AvgIpc) is 3.39. The van der Waals surface area contributed by atoms with E-state index in [1.807, 2.05) is 30.4 Å². The van der Waals surface area contributed by atoms with E-state index in [2.05, 4.69) is 16.1 Å². The number of hydrogen-bond acceptors (Lipinski definition) is 12. The van der Waals surface area contributed by atoms with Crippen molar-refractivity contribution < 1.29 is 52.3 Å². The van der Waals surface area contributed by atoms with Gasteiger partial charge in [0.25, 0.3) is 0 Å². The Balaban J connectivity index is 1.74.